The van der Waals surface area contributed by atoms with Gasteiger partial charge in [-0.05, 0) is 18.4 Å². The summed E-state index contributed by atoms with van der Waals surface area (Å²) in [6, 6.07) is 6.07. The van der Waals surface area contributed by atoms with Gasteiger partial charge in [0, 0.05) is 17.8 Å². The Morgan fingerprint density at radius 1 is 1.32 bits per heavy atom. The molecule has 0 atom stereocenters. The SMILES string of the molecule is COc1cc(Nc2cc(N)nc(SC)n2)ccc1F. The molecule has 0 spiro atoms. The second-order valence-corrected chi connectivity index (χ2v) is 4.41. The number of ether oxygens (including phenoxy) is 1. The minimum atomic E-state index is -0.417. The van der Waals surface area contributed by atoms with Crippen LogP contribution in [0.25, 0.3) is 0 Å². The summed E-state index contributed by atoms with van der Waals surface area (Å²) in [6.07, 6.45) is 1.86. The van der Waals surface area contributed by atoms with Crippen LogP contribution in [0.5, 0.6) is 5.75 Å². The van der Waals surface area contributed by atoms with E-state index in [4.69, 9.17) is 10.5 Å². The molecule has 1 aromatic carbocycles. The van der Waals surface area contributed by atoms with E-state index in [1.165, 1.54) is 24.9 Å². The van der Waals surface area contributed by atoms with E-state index in [-0.39, 0.29) is 5.75 Å². The van der Waals surface area contributed by atoms with Crippen LogP contribution in [0.2, 0.25) is 0 Å². The molecule has 0 radical (unpaired) electrons. The predicted molar refractivity (Wildman–Crippen MR) is 74.5 cm³/mol. The highest BCUT2D eigenvalue weighted by Gasteiger charge is 2.06. The highest BCUT2D eigenvalue weighted by molar-refractivity contribution is 7.98. The van der Waals surface area contributed by atoms with Crippen LogP contribution in [-0.4, -0.2) is 23.3 Å². The largest absolute Gasteiger partial charge is 0.494 e. The van der Waals surface area contributed by atoms with Crippen LogP contribution in [0.4, 0.5) is 21.7 Å². The number of halogens is 1. The summed E-state index contributed by atoms with van der Waals surface area (Å²) in [7, 11) is 1.41. The number of benzene rings is 1. The van der Waals surface area contributed by atoms with E-state index in [9.17, 15) is 4.39 Å². The molecule has 0 aliphatic carbocycles. The Morgan fingerprint density at radius 2 is 2.11 bits per heavy atom. The maximum atomic E-state index is 13.3. The molecule has 3 N–H and O–H groups in total. The van der Waals surface area contributed by atoms with Crippen molar-refractivity contribution >= 4 is 29.1 Å². The van der Waals surface area contributed by atoms with Crippen LogP contribution < -0.4 is 15.8 Å². The molecule has 0 unspecified atom stereocenters. The Kier molecular flexibility index (Phi) is 4.06. The quantitative estimate of drug-likeness (QED) is 0.662. The number of nitrogens with one attached hydrogen (secondary N) is 1. The smallest absolute Gasteiger partial charge is 0.191 e. The fourth-order valence-electron chi connectivity index (χ4n) is 1.48. The molecule has 2 aromatic rings. The number of methoxy groups -OCH3 is 1. The molecule has 1 aromatic heterocycles. The third-order valence-electron chi connectivity index (χ3n) is 2.33. The van der Waals surface area contributed by atoms with Crippen molar-refractivity contribution in [3.05, 3.63) is 30.1 Å². The first-order valence-corrected chi connectivity index (χ1v) is 6.64. The molecule has 1 heterocycles. The van der Waals surface area contributed by atoms with Crippen molar-refractivity contribution < 1.29 is 9.13 Å². The van der Waals surface area contributed by atoms with Crippen LogP contribution in [0, 0.1) is 5.82 Å². The molecule has 0 fully saturated rings. The topological polar surface area (TPSA) is 73.1 Å². The van der Waals surface area contributed by atoms with Crippen molar-refractivity contribution in [1.29, 1.82) is 0 Å². The van der Waals surface area contributed by atoms with Crippen molar-refractivity contribution in [2.45, 2.75) is 5.16 Å². The third-order valence-corrected chi connectivity index (χ3v) is 2.88. The van der Waals surface area contributed by atoms with Crippen LogP contribution in [-0.2, 0) is 0 Å². The molecule has 0 amide bonds. The zero-order valence-electron chi connectivity index (χ0n) is 10.5. The Balaban J connectivity index is 2.28. The van der Waals surface area contributed by atoms with Gasteiger partial charge in [0.05, 0.1) is 7.11 Å². The Hall–Kier alpha value is -2.02. The molecule has 0 aliphatic heterocycles. The lowest BCUT2D eigenvalue weighted by molar-refractivity contribution is 0.387. The van der Waals surface area contributed by atoms with E-state index < -0.39 is 5.82 Å². The first-order valence-electron chi connectivity index (χ1n) is 5.41. The molecule has 2 rings (SSSR count). The van der Waals surface area contributed by atoms with E-state index in [0.29, 0.717) is 22.5 Å². The second kappa shape index (κ2) is 5.75. The summed E-state index contributed by atoms with van der Waals surface area (Å²) in [5, 5.41) is 3.60. The van der Waals surface area contributed by atoms with Crippen molar-refractivity contribution in [3.63, 3.8) is 0 Å². The fourth-order valence-corrected chi connectivity index (χ4v) is 1.87. The van der Waals surface area contributed by atoms with Crippen molar-refractivity contribution in [1.82, 2.24) is 9.97 Å². The van der Waals surface area contributed by atoms with Gasteiger partial charge in [0.25, 0.3) is 0 Å². The molecule has 19 heavy (non-hydrogen) atoms. The van der Waals surface area contributed by atoms with E-state index in [0.717, 1.165) is 0 Å². The molecule has 0 bridgehead atoms. The van der Waals surface area contributed by atoms with Crippen molar-refractivity contribution in [2.24, 2.45) is 0 Å². The van der Waals surface area contributed by atoms with Gasteiger partial charge in [-0.15, -0.1) is 0 Å². The number of hydrogen-bond donors (Lipinski definition) is 2. The van der Waals surface area contributed by atoms with E-state index in [1.807, 2.05) is 6.26 Å². The van der Waals surface area contributed by atoms with Gasteiger partial charge < -0.3 is 15.8 Å². The lowest BCUT2D eigenvalue weighted by atomic mass is 10.3. The zero-order chi connectivity index (χ0) is 13.8. The minimum absolute atomic E-state index is 0.164. The van der Waals surface area contributed by atoms with Crippen LogP contribution in [0.15, 0.2) is 29.4 Å². The number of nitrogens with zero attached hydrogens (tertiary/aromatic N) is 2. The van der Waals surface area contributed by atoms with Gasteiger partial charge >= 0.3 is 0 Å². The molecule has 5 nitrogen and oxygen atoms in total. The number of nitrogens with two attached hydrogens (primary N) is 1. The van der Waals surface area contributed by atoms with E-state index >= 15 is 0 Å². The van der Waals surface area contributed by atoms with Crippen molar-refractivity contribution in [2.75, 3.05) is 24.4 Å². The van der Waals surface area contributed by atoms with Gasteiger partial charge in [0.1, 0.15) is 11.6 Å². The maximum absolute atomic E-state index is 13.3. The Labute approximate surface area is 114 Å². The molecule has 0 saturated carbocycles. The lowest BCUT2D eigenvalue weighted by Crippen LogP contribution is -2.00. The molecule has 7 heteroatoms. The predicted octanol–water partition coefficient (Wildman–Crippen LogP) is 2.67. The zero-order valence-corrected chi connectivity index (χ0v) is 11.3. The fraction of sp³-hybridized carbons (Fsp3) is 0.167. The lowest BCUT2D eigenvalue weighted by Gasteiger charge is -2.09. The molecule has 0 aliphatic rings. The average Bonchev–Trinajstić information content (AvgIpc) is 2.40. The summed E-state index contributed by atoms with van der Waals surface area (Å²) in [6.45, 7) is 0. The van der Waals surface area contributed by atoms with Gasteiger partial charge in [-0.3, -0.25) is 0 Å². The van der Waals surface area contributed by atoms with E-state index in [2.05, 4.69) is 15.3 Å². The summed E-state index contributed by atoms with van der Waals surface area (Å²) < 4.78 is 18.2. The number of nitrogen functional groups attached to an aromatic ring is 1. The number of thioether (sulfide) groups is 1. The van der Waals surface area contributed by atoms with Gasteiger partial charge in [0.15, 0.2) is 16.7 Å². The van der Waals surface area contributed by atoms with Crippen LogP contribution >= 0.6 is 11.8 Å². The minimum Gasteiger partial charge on any atom is -0.494 e. The summed E-state index contributed by atoms with van der Waals surface area (Å²) in [4.78, 5) is 8.30. The standard InChI is InChI=1S/C12H13FN4OS/c1-18-9-5-7(3-4-8(9)13)15-11-6-10(14)16-12(17-11)19-2/h3-6H,1-2H3,(H3,14,15,16,17). The van der Waals surface area contributed by atoms with E-state index in [1.54, 1.807) is 18.2 Å². The Bertz CT molecular complexity index is 594. The average molecular weight is 280 g/mol. The van der Waals surface area contributed by atoms with Gasteiger partial charge in [0.2, 0.25) is 0 Å². The van der Waals surface area contributed by atoms with Gasteiger partial charge in [-0.2, -0.15) is 0 Å². The monoisotopic (exact) mass is 280 g/mol. The number of aromatic nitrogens is 2. The number of rotatable bonds is 4. The first kappa shape index (κ1) is 13.4. The summed E-state index contributed by atoms with van der Waals surface area (Å²) >= 11 is 1.39. The molecule has 100 valence electrons. The highest BCUT2D eigenvalue weighted by atomic mass is 32.2. The third kappa shape index (κ3) is 3.25. The summed E-state index contributed by atoms with van der Waals surface area (Å²) in [5.74, 6) is 0.665. The highest BCUT2D eigenvalue weighted by Crippen LogP contribution is 2.24. The van der Waals surface area contributed by atoms with Crippen molar-refractivity contribution in [3.8, 4) is 5.75 Å². The first-order chi connectivity index (χ1) is 9.12. The molecular formula is C12H13FN4OS. The van der Waals surface area contributed by atoms with Gasteiger partial charge in [-0.1, -0.05) is 11.8 Å². The summed E-state index contributed by atoms with van der Waals surface area (Å²) in [5.41, 5.74) is 6.34. The van der Waals surface area contributed by atoms with Crippen LogP contribution in [0.3, 0.4) is 0 Å². The number of anilines is 3. The molecular weight excluding hydrogens is 267 g/mol. The van der Waals surface area contributed by atoms with Crippen LogP contribution in [0.1, 0.15) is 0 Å². The Morgan fingerprint density at radius 3 is 2.79 bits per heavy atom. The molecule has 0 saturated heterocycles. The number of hydrogen-bond acceptors (Lipinski definition) is 6. The second-order valence-electron chi connectivity index (χ2n) is 3.64. The van der Waals surface area contributed by atoms with Gasteiger partial charge in [-0.25, -0.2) is 14.4 Å². The maximum Gasteiger partial charge on any atom is 0.191 e. The normalized spacial score (nSPS) is 10.3.